The first-order chi connectivity index (χ1) is 11.6. The van der Waals surface area contributed by atoms with Crippen molar-refractivity contribution in [3.63, 3.8) is 0 Å². The normalized spacial score (nSPS) is 12.9. The number of rotatable bonds is 5. The fraction of sp³-hybridized carbons (Fsp3) is 0.286. The number of alkyl halides is 3. The highest BCUT2D eigenvalue weighted by molar-refractivity contribution is 7.97. The summed E-state index contributed by atoms with van der Waals surface area (Å²) in [7, 11) is 1.53. The lowest BCUT2D eigenvalue weighted by Crippen LogP contribution is -2.35. The Morgan fingerprint density at radius 1 is 1.40 bits per heavy atom. The topological polar surface area (TPSA) is 59.0 Å². The molecule has 0 saturated heterocycles. The first kappa shape index (κ1) is 19.5. The number of anilines is 1. The summed E-state index contributed by atoms with van der Waals surface area (Å²) in [6.45, 7) is 0.971. The molecule has 2 N–H and O–H groups in total. The smallest absolute Gasteiger partial charge is 0.344 e. The second kappa shape index (κ2) is 7.63. The van der Waals surface area contributed by atoms with Crippen molar-refractivity contribution in [1.82, 2.24) is 14.3 Å². The zero-order chi connectivity index (χ0) is 18.8. The lowest BCUT2D eigenvalue weighted by Gasteiger charge is -2.15. The Morgan fingerprint density at radius 3 is 2.64 bits per heavy atom. The van der Waals surface area contributed by atoms with E-state index in [1.807, 2.05) is 0 Å². The maximum absolute atomic E-state index is 12.8. The zero-order valence-electron chi connectivity index (χ0n) is 13.0. The van der Waals surface area contributed by atoms with Gasteiger partial charge in [0.05, 0.1) is 21.8 Å². The summed E-state index contributed by atoms with van der Waals surface area (Å²) in [5.41, 5.74) is 0.302. The SMILES string of the molecule is C[C@@H](NSc1cn(C)c(C(=O)Nc2ccc(F)nc2)c1Cl)C(F)(F)F. The monoisotopic (exact) mass is 396 g/mol. The molecule has 0 fully saturated rings. The van der Waals surface area contributed by atoms with Crippen molar-refractivity contribution in [3.8, 4) is 0 Å². The summed E-state index contributed by atoms with van der Waals surface area (Å²) >= 11 is 6.79. The number of hydrogen-bond acceptors (Lipinski definition) is 4. The van der Waals surface area contributed by atoms with E-state index in [1.54, 1.807) is 0 Å². The van der Waals surface area contributed by atoms with Crippen LogP contribution in [0.3, 0.4) is 0 Å². The van der Waals surface area contributed by atoms with Crippen LogP contribution < -0.4 is 10.0 Å². The van der Waals surface area contributed by atoms with Gasteiger partial charge in [0.1, 0.15) is 11.7 Å². The minimum Gasteiger partial charge on any atom is -0.344 e. The molecule has 0 aliphatic carbocycles. The number of amides is 1. The Hall–Kier alpha value is -1.78. The van der Waals surface area contributed by atoms with Crippen LogP contribution in [0.15, 0.2) is 29.4 Å². The third-order valence-electron chi connectivity index (χ3n) is 3.12. The fourth-order valence-corrected chi connectivity index (χ4v) is 2.98. The van der Waals surface area contributed by atoms with Crippen LogP contribution in [-0.4, -0.2) is 27.7 Å². The van der Waals surface area contributed by atoms with Gasteiger partial charge in [-0.1, -0.05) is 11.6 Å². The molecule has 0 saturated carbocycles. The Morgan fingerprint density at radius 2 is 2.08 bits per heavy atom. The van der Waals surface area contributed by atoms with Gasteiger partial charge in [0, 0.05) is 13.2 Å². The maximum atomic E-state index is 12.8. The molecule has 0 bridgehead atoms. The van der Waals surface area contributed by atoms with Gasteiger partial charge in [-0.2, -0.15) is 17.6 Å². The summed E-state index contributed by atoms with van der Waals surface area (Å²) in [5, 5.41) is 2.49. The van der Waals surface area contributed by atoms with E-state index in [9.17, 15) is 22.4 Å². The van der Waals surface area contributed by atoms with E-state index < -0.39 is 24.1 Å². The molecule has 0 spiro atoms. The third-order valence-corrected chi connectivity index (χ3v) is 4.62. The summed E-state index contributed by atoms with van der Waals surface area (Å²) in [4.78, 5) is 16.0. The molecule has 2 aromatic rings. The molecule has 0 radical (unpaired) electrons. The molecule has 11 heteroatoms. The van der Waals surface area contributed by atoms with Crippen LogP contribution in [0.5, 0.6) is 0 Å². The van der Waals surface area contributed by atoms with E-state index in [0.29, 0.717) is 11.9 Å². The number of aryl methyl sites for hydroxylation is 1. The standard InChI is InChI=1S/C14H13ClF4N4OS/c1-7(14(17,18)19)22-25-9-6-23(2)12(11(9)15)13(24)21-8-3-4-10(16)20-5-8/h3-7,22H,1-2H3,(H,21,24)/t7-/m1/s1. The van der Waals surface area contributed by atoms with Gasteiger partial charge < -0.3 is 9.88 Å². The number of carbonyl (C=O) groups excluding carboxylic acids is 1. The lowest BCUT2D eigenvalue weighted by molar-refractivity contribution is -0.146. The molecule has 0 unspecified atom stereocenters. The highest BCUT2D eigenvalue weighted by atomic mass is 35.5. The van der Waals surface area contributed by atoms with Crippen molar-refractivity contribution in [3.05, 3.63) is 41.2 Å². The van der Waals surface area contributed by atoms with Gasteiger partial charge in [0.2, 0.25) is 5.95 Å². The Balaban J connectivity index is 2.12. The van der Waals surface area contributed by atoms with E-state index >= 15 is 0 Å². The van der Waals surface area contributed by atoms with Crippen LogP contribution in [-0.2, 0) is 7.05 Å². The second-order valence-corrected chi connectivity index (χ2v) is 6.33. The van der Waals surface area contributed by atoms with Gasteiger partial charge >= 0.3 is 6.18 Å². The summed E-state index contributed by atoms with van der Waals surface area (Å²) in [6, 6.07) is 0.641. The molecule has 0 aliphatic rings. The average Bonchev–Trinajstić information content (AvgIpc) is 2.80. The predicted molar refractivity (Wildman–Crippen MR) is 87.1 cm³/mol. The van der Waals surface area contributed by atoms with Crippen LogP contribution >= 0.6 is 23.5 Å². The van der Waals surface area contributed by atoms with Crippen molar-refractivity contribution in [2.45, 2.75) is 24.0 Å². The predicted octanol–water partition coefficient (Wildman–Crippen LogP) is 4.01. The van der Waals surface area contributed by atoms with E-state index in [-0.39, 0.29) is 21.3 Å². The molecule has 0 aromatic carbocycles. The maximum Gasteiger partial charge on any atom is 0.404 e. The van der Waals surface area contributed by atoms with Crippen LogP contribution in [0.25, 0.3) is 0 Å². The Labute approximate surface area is 149 Å². The van der Waals surface area contributed by atoms with Gasteiger partial charge in [-0.3, -0.25) is 4.79 Å². The lowest BCUT2D eigenvalue weighted by atomic mass is 10.3. The Kier molecular flexibility index (Phi) is 5.96. The van der Waals surface area contributed by atoms with E-state index in [4.69, 9.17) is 11.6 Å². The minimum absolute atomic E-state index is 0.00180. The second-order valence-electron chi connectivity index (χ2n) is 5.07. The summed E-state index contributed by atoms with van der Waals surface area (Å²) in [6.07, 6.45) is -1.84. The number of pyridine rings is 1. The summed E-state index contributed by atoms with van der Waals surface area (Å²) in [5.74, 6) is -1.30. The van der Waals surface area contributed by atoms with Crippen molar-refractivity contribution in [1.29, 1.82) is 0 Å². The number of nitrogens with one attached hydrogen (secondary N) is 2. The molecule has 2 heterocycles. The first-order valence-electron chi connectivity index (χ1n) is 6.86. The molecule has 25 heavy (non-hydrogen) atoms. The third kappa shape index (κ3) is 4.86. The molecule has 136 valence electrons. The molecule has 5 nitrogen and oxygen atoms in total. The van der Waals surface area contributed by atoms with Gasteiger partial charge in [-0.15, -0.1) is 0 Å². The molecule has 1 amide bonds. The number of carbonyl (C=O) groups is 1. The molecule has 2 aromatic heterocycles. The van der Waals surface area contributed by atoms with Crippen LogP contribution in [0.4, 0.5) is 23.2 Å². The van der Waals surface area contributed by atoms with Gasteiger partial charge in [0.15, 0.2) is 0 Å². The van der Waals surface area contributed by atoms with Crippen molar-refractivity contribution in [2.75, 3.05) is 5.32 Å². The highest BCUT2D eigenvalue weighted by Gasteiger charge is 2.36. The highest BCUT2D eigenvalue weighted by Crippen LogP contribution is 2.32. The molecule has 2 rings (SSSR count). The van der Waals surface area contributed by atoms with Gasteiger partial charge in [-0.05, 0) is 31.0 Å². The minimum atomic E-state index is -4.40. The quantitative estimate of drug-likeness (QED) is 0.455. The number of hydrogen-bond donors (Lipinski definition) is 2. The van der Waals surface area contributed by atoms with Gasteiger partial charge in [0.25, 0.3) is 5.91 Å². The first-order valence-corrected chi connectivity index (χ1v) is 8.06. The van der Waals surface area contributed by atoms with Gasteiger partial charge in [-0.25, -0.2) is 9.71 Å². The molecular formula is C14H13ClF4N4OS. The zero-order valence-corrected chi connectivity index (χ0v) is 14.6. The van der Waals surface area contributed by atoms with Crippen LogP contribution in [0.1, 0.15) is 17.4 Å². The number of nitrogens with zero attached hydrogens (tertiary/aromatic N) is 2. The summed E-state index contributed by atoms with van der Waals surface area (Å²) < 4.78 is 54.0. The largest absolute Gasteiger partial charge is 0.404 e. The Bertz CT molecular complexity index is 763. The van der Waals surface area contributed by atoms with Crippen molar-refractivity contribution >= 4 is 35.1 Å². The van der Waals surface area contributed by atoms with Crippen molar-refractivity contribution < 1.29 is 22.4 Å². The molecular weight excluding hydrogens is 384 g/mol. The van der Waals surface area contributed by atoms with Crippen LogP contribution in [0, 0.1) is 5.95 Å². The average molecular weight is 397 g/mol. The van der Waals surface area contributed by atoms with E-state index in [0.717, 1.165) is 19.2 Å². The molecule has 1 atom stereocenters. The number of aromatic nitrogens is 2. The van der Waals surface area contributed by atoms with Crippen LogP contribution in [0.2, 0.25) is 5.02 Å². The van der Waals surface area contributed by atoms with E-state index in [2.05, 4.69) is 15.0 Å². The fourth-order valence-electron chi connectivity index (χ4n) is 1.76. The number of halogens is 5. The molecule has 0 aliphatic heterocycles. The van der Waals surface area contributed by atoms with E-state index in [1.165, 1.54) is 23.9 Å². The van der Waals surface area contributed by atoms with Crippen molar-refractivity contribution in [2.24, 2.45) is 7.05 Å².